The van der Waals surface area contributed by atoms with Crippen LogP contribution in [0.25, 0.3) is 0 Å². The molecule has 1 rings (SSSR count). The third-order valence-electron chi connectivity index (χ3n) is 2.58. The molecule has 1 aromatic heterocycles. The van der Waals surface area contributed by atoms with E-state index in [1.54, 1.807) is 11.0 Å². The first kappa shape index (κ1) is 15.7. The van der Waals surface area contributed by atoms with Gasteiger partial charge in [-0.05, 0) is 13.8 Å². The topological polar surface area (TPSA) is 100 Å². The molecule has 0 aliphatic carbocycles. The average molecular weight is 281 g/mol. The normalized spacial score (nSPS) is 10.3. The standard InChI is InChI=1S/C12H19N5O3/c1-4-6-17(9(2)3)12(20)13-5-7-16-8-10(11(18)19)14-15-16/h4,8-9H,1,5-7H2,2-3H3,(H,13,20)(H,18,19). The first-order valence-corrected chi connectivity index (χ1v) is 6.24. The Balaban J connectivity index is 2.44. The summed E-state index contributed by atoms with van der Waals surface area (Å²) in [6.07, 6.45) is 2.98. The van der Waals surface area contributed by atoms with Crippen LogP contribution in [-0.2, 0) is 6.54 Å². The molecule has 0 aliphatic rings. The Kier molecular flexibility index (Phi) is 5.70. The maximum absolute atomic E-state index is 11.9. The number of carbonyl (C=O) groups excluding carboxylic acids is 1. The summed E-state index contributed by atoms with van der Waals surface area (Å²) in [4.78, 5) is 24.2. The summed E-state index contributed by atoms with van der Waals surface area (Å²) in [6, 6.07) is -0.128. The van der Waals surface area contributed by atoms with Crippen LogP contribution in [0.1, 0.15) is 24.3 Å². The van der Waals surface area contributed by atoms with Crippen molar-refractivity contribution in [1.29, 1.82) is 0 Å². The third kappa shape index (κ3) is 4.38. The number of carboxylic acid groups (broad SMARTS) is 1. The molecular weight excluding hydrogens is 262 g/mol. The van der Waals surface area contributed by atoms with Crippen LogP contribution in [0.3, 0.4) is 0 Å². The molecule has 0 radical (unpaired) electrons. The van der Waals surface area contributed by atoms with Gasteiger partial charge in [0.25, 0.3) is 0 Å². The van der Waals surface area contributed by atoms with Gasteiger partial charge in [-0.15, -0.1) is 11.7 Å². The quantitative estimate of drug-likeness (QED) is 0.712. The molecule has 0 bridgehead atoms. The molecule has 8 nitrogen and oxygen atoms in total. The Morgan fingerprint density at radius 3 is 2.80 bits per heavy atom. The highest BCUT2D eigenvalue weighted by atomic mass is 16.4. The van der Waals surface area contributed by atoms with E-state index in [1.165, 1.54) is 10.9 Å². The molecule has 0 spiro atoms. The van der Waals surface area contributed by atoms with Crippen LogP contribution in [0.15, 0.2) is 18.9 Å². The zero-order chi connectivity index (χ0) is 15.1. The van der Waals surface area contributed by atoms with Crippen molar-refractivity contribution in [3.63, 3.8) is 0 Å². The maximum Gasteiger partial charge on any atom is 0.358 e. The number of urea groups is 1. The number of hydrogen-bond acceptors (Lipinski definition) is 4. The van der Waals surface area contributed by atoms with E-state index in [-0.39, 0.29) is 17.8 Å². The minimum atomic E-state index is -1.13. The number of aromatic nitrogens is 3. The second-order valence-corrected chi connectivity index (χ2v) is 4.44. The summed E-state index contributed by atoms with van der Waals surface area (Å²) >= 11 is 0. The molecule has 0 aromatic carbocycles. The van der Waals surface area contributed by atoms with Crippen molar-refractivity contribution < 1.29 is 14.7 Å². The molecular formula is C12H19N5O3. The van der Waals surface area contributed by atoms with Crippen molar-refractivity contribution in [3.05, 3.63) is 24.5 Å². The summed E-state index contributed by atoms with van der Waals surface area (Å²) in [5, 5.41) is 18.6. The highest BCUT2D eigenvalue weighted by molar-refractivity contribution is 5.84. The lowest BCUT2D eigenvalue weighted by atomic mass is 10.3. The molecule has 0 aliphatic heterocycles. The van der Waals surface area contributed by atoms with E-state index in [2.05, 4.69) is 22.2 Å². The molecule has 0 saturated carbocycles. The van der Waals surface area contributed by atoms with Gasteiger partial charge >= 0.3 is 12.0 Å². The fraction of sp³-hybridized carbons (Fsp3) is 0.500. The van der Waals surface area contributed by atoms with Crippen LogP contribution in [0.2, 0.25) is 0 Å². The van der Waals surface area contributed by atoms with Gasteiger partial charge in [0, 0.05) is 19.1 Å². The lowest BCUT2D eigenvalue weighted by Crippen LogP contribution is -2.44. The molecule has 1 heterocycles. The summed E-state index contributed by atoms with van der Waals surface area (Å²) < 4.78 is 1.37. The van der Waals surface area contributed by atoms with Gasteiger partial charge in [0.1, 0.15) is 0 Å². The number of carbonyl (C=O) groups is 2. The number of nitrogens with zero attached hydrogens (tertiary/aromatic N) is 4. The molecule has 2 N–H and O–H groups in total. The minimum Gasteiger partial charge on any atom is -0.476 e. The largest absolute Gasteiger partial charge is 0.476 e. The van der Waals surface area contributed by atoms with Gasteiger partial charge in [-0.25, -0.2) is 14.3 Å². The first-order valence-electron chi connectivity index (χ1n) is 6.24. The van der Waals surface area contributed by atoms with Gasteiger partial charge in [0.15, 0.2) is 5.69 Å². The number of nitrogens with one attached hydrogen (secondary N) is 1. The molecule has 0 saturated heterocycles. The van der Waals surface area contributed by atoms with Crippen molar-refractivity contribution in [2.75, 3.05) is 13.1 Å². The highest BCUT2D eigenvalue weighted by Gasteiger charge is 2.14. The molecule has 2 amide bonds. The van der Waals surface area contributed by atoms with Gasteiger partial charge in [-0.3, -0.25) is 0 Å². The van der Waals surface area contributed by atoms with E-state index in [0.29, 0.717) is 19.6 Å². The number of rotatable bonds is 7. The Morgan fingerprint density at radius 1 is 1.60 bits per heavy atom. The van der Waals surface area contributed by atoms with Crippen LogP contribution in [0.5, 0.6) is 0 Å². The molecule has 0 atom stereocenters. The Morgan fingerprint density at radius 2 is 2.30 bits per heavy atom. The van der Waals surface area contributed by atoms with Crippen molar-refractivity contribution in [2.45, 2.75) is 26.4 Å². The van der Waals surface area contributed by atoms with E-state index < -0.39 is 5.97 Å². The monoisotopic (exact) mass is 281 g/mol. The molecule has 0 unspecified atom stereocenters. The SMILES string of the molecule is C=CCN(C(=O)NCCn1cc(C(=O)O)nn1)C(C)C. The first-order chi connectivity index (χ1) is 9.45. The molecule has 0 fully saturated rings. The summed E-state index contributed by atoms with van der Waals surface area (Å²) in [7, 11) is 0. The van der Waals surface area contributed by atoms with Crippen LogP contribution in [0.4, 0.5) is 4.79 Å². The van der Waals surface area contributed by atoms with E-state index in [0.717, 1.165) is 0 Å². The van der Waals surface area contributed by atoms with Crippen molar-refractivity contribution in [1.82, 2.24) is 25.2 Å². The molecule has 1 aromatic rings. The van der Waals surface area contributed by atoms with Crippen LogP contribution < -0.4 is 5.32 Å². The number of aromatic carboxylic acids is 1. The minimum absolute atomic E-state index is 0.0676. The van der Waals surface area contributed by atoms with Crippen molar-refractivity contribution >= 4 is 12.0 Å². The average Bonchev–Trinajstić information content (AvgIpc) is 2.84. The van der Waals surface area contributed by atoms with Gasteiger partial charge in [-0.2, -0.15) is 0 Å². The fourth-order valence-electron chi connectivity index (χ4n) is 1.55. The fourth-order valence-corrected chi connectivity index (χ4v) is 1.55. The van der Waals surface area contributed by atoms with Crippen LogP contribution in [-0.4, -0.2) is 56.1 Å². The molecule has 8 heteroatoms. The Hall–Kier alpha value is -2.38. The Labute approximate surface area is 117 Å². The van der Waals surface area contributed by atoms with Gasteiger partial charge < -0.3 is 15.3 Å². The lowest BCUT2D eigenvalue weighted by Gasteiger charge is -2.25. The second kappa shape index (κ2) is 7.27. The predicted octanol–water partition coefficient (Wildman–Crippen LogP) is 0.582. The summed E-state index contributed by atoms with van der Waals surface area (Å²) in [6.45, 7) is 8.60. The molecule has 20 heavy (non-hydrogen) atoms. The number of amides is 2. The Bertz CT molecular complexity index is 483. The number of carboxylic acids is 1. The van der Waals surface area contributed by atoms with E-state index >= 15 is 0 Å². The van der Waals surface area contributed by atoms with E-state index in [4.69, 9.17) is 5.11 Å². The number of hydrogen-bond donors (Lipinski definition) is 2. The zero-order valence-corrected chi connectivity index (χ0v) is 11.6. The molecule has 110 valence electrons. The maximum atomic E-state index is 11.9. The smallest absolute Gasteiger partial charge is 0.358 e. The van der Waals surface area contributed by atoms with E-state index in [9.17, 15) is 9.59 Å². The summed E-state index contributed by atoms with van der Waals surface area (Å²) in [5.41, 5.74) is -0.119. The third-order valence-corrected chi connectivity index (χ3v) is 2.58. The van der Waals surface area contributed by atoms with Gasteiger partial charge in [0.2, 0.25) is 0 Å². The lowest BCUT2D eigenvalue weighted by molar-refractivity contribution is 0.0690. The van der Waals surface area contributed by atoms with Crippen molar-refractivity contribution in [3.8, 4) is 0 Å². The van der Waals surface area contributed by atoms with Crippen molar-refractivity contribution in [2.24, 2.45) is 0 Å². The zero-order valence-electron chi connectivity index (χ0n) is 11.6. The highest BCUT2D eigenvalue weighted by Crippen LogP contribution is 1.98. The van der Waals surface area contributed by atoms with Crippen LogP contribution >= 0.6 is 0 Å². The summed E-state index contributed by atoms with van der Waals surface area (Å²) in [5.74, 6) is -1.13. The van der Waals surface area contributed by atoms with Gasteiger partial charge in [0.05, 0.1) is 12.7 Å². The van der Waals surface area contributed by atoms with Gasteiger partial charge in [-0.1, -0.05) is 11.3 Å². The second-order valence-electron chi connectivity index (χ2n) is 4.44. The van der Waals surface area contributed by atoms with E-state index in [1.807, 2.05) is 13.8 Å². The predicted molar refractivity (Wildman–Crippen MR) is 72.4 cm³/mol. The van der Waals surface area contributed by atoms with Crippen LogP contribution in [0, 0.1) is 0 Å².